The van der Waals surface area contributed by atoms with Crippen molar-refractivity contribution in [1.82, 2.24) is 0 Å². The lowest BCUT2D eigenvalue weighted by Crippen LogP contribution is -2.25. The number of rotatable bonds is 3. The van der Waals surface area contributed by atoms with Gasteiger partial charge in [-0.1, -0.05) is 36.2 Å². The zero-order valence-electron chi connectivity index (χ0n) is 12.5. The summed E-state index contributed by atoms with van der Waals surface area (Å²) in [5.41, 5.74) is 6.70. The molecule has 0 spiro atoms. The minimum absolute atomic E-state index is 0.0481. The van der Waals surface area contributed by atoms with Crippen LogP contribution in [0.5, 0.6) is 0 Å². The average Bonchev–Trinajstić information content (AvgIpc) is 2.53. The van der Waals surface area contributed by atoms with Crippen molar-refractivity contribution in [3.63, 3.8) is 0 Å². The Bertz CT molecular complexity index is 763. The first-order valence-corrected chi connectivity index (χ1v) is 7.54. The molecule has 5 nitrogen and oxygen atoms in total. The molecule has 2 rings (SSSR count). The summed E-state index contributed by atoms with van der Waals surface area (Å²) in [7, 11) is 1.26. The number of benzene rings is 1. The van der Waals surface area contributed by atoms with Gasteiger partial charge in [0.25, 0.3) is 0 Å². The number of nitrogens with zero attached hydrogens (tertiary/aromatic N) is 1. The standard InChI is InChI=1S/C16H14Cl2N2O3/c1-3-12-14(16(21)22-2)13(10(7-19)15(20)23-12)9-5-4-8(17)6-11(9)18/h4-6,13H,3,20H2,1-2H3/t13-/m0/s1. The molecule has 0 aromatic heterocycles. The minimum Gasteiger partial charge on any atom is -0.466 e. The zero-order chi connectivity index (χ0) is 17.1. The number of carbonyl (C=O) groups excluding carboxylic acids is 1. The summed E-state index contributed by atoms with van der Waals surface area (Å²) in [5.74, 6) is -1.06. The van der Waals surface area contributed by atoms with Crippen molar-refractivity contribution in [3.05, 3.63) is 56.6 Å². The highest BCUT2D eigenvalue weighted by Gasteiger charge is 2.37. The van der Waals surface area contributed by atoms with E-state index >= 15 is 0 Å². The van der Waals surface area contributed by atoms with E-state index < -0.39 is 11.9 Å². The molecule has 0 saturated carbocycles. The van der Waals surface area contributed by atoms with Gasteiger partial charge in [0.05, 0.1) is 18.6 Å². The largest absolute Gasteiger partial charge is 0.466 e. The molecule has 1 aromatic carbocycles. The van der Waals surface area contributed by atoms with Crippen LogP contribution in [0.1, 0.15) is 24.8 Å². The quantitative estimate of drug-likeness (QED) is 0.839. The van der Waals surface area contributed by atoms with Crippen LogP contribution in [-0.2, 0) is 14.3 Å². The van der Waals surface area contributed by atoms with Gasteiger partial charge in [0.1, 0.15) is 17.4 Å². The molecule has 0 amide bonds. The highest BCUT2D eigenvalue weighted by Crippen LogP contribution is 2.43. The zero-order valence-corrected chi connectivity index (χ0v) is 14.0. The van der Waals surface area contributed by atoms with Gasteiger partial charge in [-0.05, 0) is 17.7 Å². The van der Waals surface area contributed by atoms with Crippen molar-refractivity contribution in [2.24, 2.45) is 5.73 Å². The van der Waals surface area contributed by atoms with Crippen LogP contribution >= 0.6 is 23.2 Å². The maximum absolute atomic E-state index is 12.3. The van der Waals surface area contributed by atoms with Gasteiger partial charge in [0, 0.05) is 16.5 Å². The number of ether oxygens (including phenoxy) is 2. The van der Waals surface area contributed by atoms with Crippen LogP contribution in [0.25, 0.3) is 0 Å². The second-order valence-corrected chi connectivity index (χ2v) is 5.62. The van der Waals surface area contributed by atoms with E-state index in [1.165, 1.54) is 7.11 Å². The van der Waals surface area contributed by atoms with Gasteiger partial charge >= 0.3 is 5.97 Å². The van der Waals surface area contributed by atoms with Crippen molar-refractivity contribution in [2.45, 2.75) is 19.3 Å². The molecule has 1 aromatic rings. The summed E-state index contributed by atoms with van der Waals surface area (Å²) in [6, 6.07) is 6.82. The third-order valence-electron chi connectivity index (χ3n) is 3.50. The molecule has 7 heteroatoms. The number of halogens is 2. The van der Waals surface area contributed by atoms with Crippen molar-refractivity contribution < 1.29 is 14.3 Å². The molecule has 1 aliphatic heterocycles. The molecular formula is C16H14Cl2N2O3. The first-order valence-electron chi connectivity index (χ1n) is 6.78. The van der Waals surface area contributed by atoms with Crippen LogP contribution in [0.15, 0.2) is 41.0 Å². The third kappa shape index (κ3) is 3.14. The van der Waals surface area contributed by atoms with Crippen LogP contribution < -0.4 is 5.73 Å². The van der Waals surface area contributed by atoms with Crippen molar-refractivity contribution in [1.29, 1.82) is 5.26 Å². The Morgan fingerprint density at radius 2 is 2.17 bits per heavy atom. The number of hydrogen-bond acceptors (Lipinski definition) is 5. The second-order valence-electron chi connectivity index (χ2n) is 4.77. The maximum atomic E-state index is 12.3. The first kappa shape index (κ1) is 17.2. The van der Waals surface area contributed by atoms with Gasteiger partial charge in [0.2, 0.25) is 5.88 Å². The molecular weight excluding hydrogens is 339 g/mol. The van der Waals surface area contributed by atoms with E-state index in [2.05, 4.69) is 0 Å². The lowest BCUT2D eigenvalue weighted by atomic mass is 9.82. The number of carbonyl (C=O) groups is 1. The number of hydrogen-bond donors (Lipinski definition) is 1. The monoisotopic (exact) mass is 352 g/mol. The Hall–Kier alpha value is -2.16. The van der Waals surface area contributed by atoms with Crippen LogP contribution in [0, 0.1) is 11.3 Å². The van der Waals surface area contributed by atoms with Gasteiger partial charge in [-0.15, -0.1) is 0 Å². The van der Waals surface area contributed by atoms with Crippen LogP contribution in [-0.4, -0.2) is 13.1 Å². The fraction of sp³-hybridized carbons (Fsp3) is 0.250. The molecule has 0 aliphatic carbocycles. The minimum atomic E-state index is -0.763. The molecule has 0 fully saturated rings. The van der Waals surface area contributed by atoms with Crippen LogP contribution in [0.2, 0.25) is 10.0 Å². The van der Waals surface area contributed by atoms with Gasteiger partial charge < -0.3 is 15.2 Å². The summed E-state index contributed by atoms with van der Waals surface area (Å²) in [6.07, 6.45) is 0.408. The van der Waals surface area contributed by atoms with Gasteiger partial charge in [-0.2, -0.15) is 5.26 Å². The van der Waals surface area contributed by atoms with E-state index in [1.54, 1.807) is 18.2 Å². The summed E-state index contributed by atoms with van der Waals surface area (Å²) >= 11 is 12.2. The fourth-order valence-electron chi connectivity index (χ4n) is 2.46. The number of allylic oxidation sites excluding steroid dienone is 2. The molecule has 1 heterocycles. The Kier molecular flexibility index (Phi) is 5.19. The van der Waals surface area contributed by atoms with E-state index in [9.17, 15) is 10.1 Å². The molecule has 120 valence electrons. The Balaban J connectivity index is 2.74. The predicted octanol–water partition coefficient (Wildman–Crippen LogP) is 3.64. The highest BCUT2D eigenvalue weighted by molar-refractivity contribution is 6.35. The topological polar surface area (TPSA) is 85.3 Å². The maximum Gasteiger partial charge on any atom is 0.338 e. The second kappa shape index (κ2) is 6.95. The SMILES string of the molecule is CCC1=C(C(=O)OC)[C@@H](c2ccc(Cl)cc2Cl)C(C#N)=C(N)O1. The fourth-order valence-corrected chi connectivity index (χ4v) is 2.98. The summed E-state index contributed by atoms with van der Waals surface area (Å²) in [4.78, 5) is 12.3. The highest BCUT2D eigenvalue weighted by atomic mass is 35.5. The number of nitrogens with two attached hydrogens (primary N) is 1. The summed E-state index contributed by atoms with van der Waals surface area (Å²) in [5, 5.41) is 10.2. The van der Waals surface area contributed by atoms with E-state index in [0.717, 1.165) is 0 Å². The molecule has 2 N–H and O–H groups in total. The molecule has 1 aliphatic rings. The van der Waals surface area contributed by atoms with Crippen LogP contribution in [0.4, 0.5) is 0 Å². The molecule has 1 atom stereocenters. The molecule has 0 unspecified atom stereocenters. The molecule has 0 saturated heterocycles. The van der Waals surface area contributed by atoms with E-state index in [4.69, 9.17) is 38.4 Å². The molecule has 23 heavy (non-hydrogen) atoms. The molecule has 0 bridgehead atoms. The van der Waals surface area contributed by atoms with Gasteiger partial charge in [-0.3, -0.25) is 0 Å². The van der Waals surface area contributed by atoms with Crippen molar-refractivity contribution in [3.8, 4) is 6.07 Å². The van der Waals surface area contributed by atoms with Gasteiger partial charge in [-0.25, -0.2) is 4.79 Å². The first-order chi connectivity index (χ1) is 10.9. The van der Waals surface area contributed by atoms with Crippen molar-refractivity contribution >= 4 is 29.2 Å². The lowest BCUT2D eigenvalue weighted by Gasteiger charge is -2.28. The normalized spacial score (nSPS) is 17.6. The lowest BCUT2D eigenvalue weighted by molar-refractivity contribution is -0.136. The third-order valence-corrected chi connectivity index (χ3v) is 4.06. The molecule has 0 radical (unpaired) electrons. The predicted molar refractivity (Wildman–Crippen MR) is 86.4 cm³/mol. The van der Waals surface area contributed by atoms with E-state index in [1.807, 2.05) is 13.0 Å². The van der Waals surface area contributed by atoms with Gasteiger partial charge in [0.15, 0.2) is 0 Å². The number of nitriles is 1. The Morgan fingerprint density at radius 3 is 2.70 bits per heavy atom. The summed E-state index contributed by atoms with van der Waals surface area (Å²) < 4.78 is 10.3. The summed E-state index contributed by atoms with van der Waals surface area (Å²) in [6.45, 7) is 1.81. The van der Waals surface area contributed by atoms with E-state index in [-0.39, 0.29) is 17.0 Å². The Labute approximate surface area is 143 Å². The van der Waals surface area contributed by atoms with Crippen molar-refractivity contribution in [2.75, 3.05) is 7.11 Å². The van der Waals surface area contributed by atoms with Crippen LogP contribution in [0.3, 0.4) is 0 Å². The average molecular weight is 353 g/mol. The Morgan fingerprint density at radius 1 is 1.48 bits per heavy atom. The number of esters is 1. The smallest absolute Gasteiger partial charge is 0.338 e. The van der Waals surface area contributed by atoms with E-state index in [0.29, 0.717) is 27.8 Å². The number of methoxy groups -OCH3 is 1.